The Hall–Kier alpha value is -1.04. The van der Waals surface area contributed by atoms with Gasteiger partial charge in [0.15, 0.2) is 12.4 Å². The molecule has 1 radical (unpaired) electrons. The van der Waals surface area contributed by atoms with Crippen LogP contribution in [0, 0.1) is 11.3 Å². The molecule has 0 aromatic heterocycles. The zero-order chi connectivity index (χ0) is 5.11. The molecule has 1 unspecified atom stereocenters. The SMILES string of the molecule is N#CC1CN[C]=N1. The number of nitrogens with one attached hydrogen (secondary N) is 1. The Bertz CT molecular complexity index is 121. The zero-order valence-corrected chi connectivity index (χ0v) is 3.68. The third kappa shape index (κ3) is 0.686. The summed E-state index contributed by atoms with van der Waals surface area (Å²) in [5, 5.41) is 10.8. The van der Waals surface area contributed by atoms with E-state index in [-0.39, 0.29) is 6.04 Å². The van der Waals surface area contributed by atoms with Crippen LogP contribution in [0.25, 0.3) is 0 Å². The van der Waals surface area contributed by atoms with Gasteiger partial charge in [0, 0.05) is 0 Å². The summed E-state index contributed by atoms with van der Waals surface area (Å²) in [5.74, 6) is 0. The monoisotopic (exact) mass is 94.0 g/mol. The van der Waals surface area contributed by atoms with Gasteiger partial charge in [0.2, 0.25) is 0 Å². The first kappa shape index (κ1) is 4.13. The van der Waals surface area contributed by atoms with Gasteiger partial charge < -0.3 is 5.32 Å². The lowest BCUT2D eigenvalue weighted by molar-refractivity contribution is 0.845. The van der Waals surface area contributed by atoms with E-state index in [1.165, 1.54) is 0 Å². The number of rotatable bonds is 0. The van der Waals surface area contributed by atoms with E-state index in [2.05, 4.69) is 16.6 Å². The quantitative estimate of drug-likeness (QED) is 0.435. The van der Waals surface area contributed by atoms with Gasteiger partial charge in [-0.1, -0.05) is 0 Å². The highest BCUT2D eigenvalue weighted by molar-refractivity contribution is 5.57. The standard InChI is InChI=1S/C4H4N3/c5-1-4-2-6-3-7-4/h4H,2H2,(H,6,7). The molecule has 0 amide bonds. The van der Waals surface area contributed by atoms with Crippen LogP contribution in [0.3, 0.4) is 0 Å². The van der Waals surface area contributed by atoms with Crippen LogP contribution in [-0.2, 0) is 0 Å². The molecule has 0 fully saturated rings. The van der Waals surface area contributed by atoms with Crippen molar-refractivity contribution in [3.63, 3.8) is 0 Å². The van der Waals surface area contributed by atoms with Gasteiger partial charge >= 0.3 is 0 Å². The van der Waals surface area contributed by atoms with Crippen molar-refractivity contribution in [3.8, 4) is 6.07 Å². The Morgan fingerprint density at radius 3 is 3.14 bits per heavy atom. The van der Waals surface area contributed by atoms with Crippen molar-refractivity contribution < 1.29 is 0 Å². The molecular formula is C4H4N3. The molecule has 1 atom stereocenters. The van der Waals surface area contributed by atoms with Crippen molar-refractivity contribution in [1.29, 1.82) is 5.26 Å². The van der Waals surface area contributed by atoms with Crippen LogP contribution in [0.15, 0.2) is 4.99 Å². The molecule has 35 valence electrons. The van der Waals surface area contributed by atoms with Crippen LogP contribution in [0.4, 0.5) is 0 Å². The predicted molar refractivity (Wildman–Crippen MR) is 24.8 cm³/mol. The Kier molecular flexibility index (Phi) is 0.947. The van der Waals surface area contributed by atoms with Crippen LogP contribution < -0.4 is 5.32 Å². The number of aliphatic imine (C=N–C) groups is 1. The molecule has 3 nitrogen and oxygen atoms in total. The Morgan fingerprint density at radius 2 is 2.86 bits per heavy atom. The summed E-state index contributed by atoms with van der Waals surface area (Å²) in [6, 6.07) is 1.78. The maximum atomic E-state index is 8.14. The fourth-order valence-corrected chi connectivity index (χ4v) is 0.386. The second-order valence-corrected chi connectivity index (χ2v) is 1.27. The van der Waals surface area contributed by atoms with E-state index in [1.54, 1.807) is 0 Å². The average molecular weight is 94.1 g/mol. The summed E-state index contributed by atoms with van der Waals surface area (Å²) in [6.07, 6.45) is 2.48. The van der Waals surface area contributed by atoms with E-state index in [1.807, 2.05) is 6.07 Å². The van der Waals surface area contributed by atoms with Gasteiger partial charge in [-0.3, -0.25) is 0 Å². The number of nitriles is 1. The van der Waals surface area contributed by atoms with Gasteiger partial charge in [-0.25, -0.2) is 4.99 Å². The van der Waals surface area contributed by atoms with Crippen molar-refractivity contribution in [1.82, 2.24) is 5.32 Å². The normalized spacial score (nSPS) is 26.4. The summed E-state index contributed by atoms with van der Waals surface area (Å²) in [6.45, 7) is 0.622. The van der Waals surface area contributed by atoms with Crippen molar-refractivity contribution in [3.05, 3.63) is 0 Å². The van der Waals surface area contributed by atoms with Crippen molar-refractivity contribution in [2.24, 2.45) is 4.99 Å². The van der Waals surface area contributed by atoms with Crippen LogP contribution >= 0.6 is 0 Å². The first-order chi connectivity index (χ1) is 3.43. The summed E-state index contributed by atoms with van der Waals surface area (Å²) in [5.41, 5.74) is 0. The minimum atomic E-state index is -0.194. The first-order valence-electron chi connectivity index (χ1n) is 2.01. The largest absolute Gasteiger partial charge is 0.364 e. The summed E-state index contributed by atoms with van der Waals surface area (Å²) in [7, 11) is 0. The van der Waals surface area contributed by atoms with E-state index in [0.29, 0.717) is 6.54 Å². The molecule has 1 N–H and O–H groups in total. The Balaban J connectivity index is 2.47. The third-order valence-electron chi connectivity index (χ3n) is 0.744. The third-order valence-corrected chi connectivity index (χ3v) is 0.744. The fourth-order valence-electron chi connectivity index (χ4n) is 0.386. The molecule has 1 aliphatic heterocycles. The number of hydrogen-bond acceptors (Lipinski definition) is 3. The minimum Gasteiger partial charge on any atom is -0.364 e. The molecule has 0 saturated heterocycles. The first-order valence-corrected chi connectivity index (χ1v) is 2.01. The molecule has 0 aromatic rings. The molecule has 0 aromatic carbocycles. The van der Waals surface area contributed by atoms with Crippen molar-refractivity contribution in [2.45, 2.75) is 6.04 Å². The van der Waals surface area contributed by atoms with Crippen LogP contribution in [0.2, 0.25) is 0 Å². The molecule has 1 rings (SSSR count). The molecule has 1 heterocycles. The molecule has 0 bridgehead atoms. The van der Waals surface area contributed by atoms with Crippen molar-refractivity contribution in [2.75, 3.05) is 6.54 Å². The lowest BCUT2D eigenvalue weighted by atomic mass is 10.4. The lowest BCUT2D eigenvalue weighted by Gasteiger charge is -1.86. The topological polar surface area (TPSA) is 48.2 Å². The van der Waals surface area contributed by atoms with Crippen molar-refractivity contribution >= 4 is 6.34 Å². The van der Waals surface area contributed by atoms with E-state index in [4.69, 9.17) is 5.26 Å². The average Bonchev–Trinajstić information content (AvgIpc) is 2.14. The van der Waals surface area contributed by atoms with Crippen LogP contribution in [-0.4, -0.2) is 18.9 Å². The van der Waals surface area contributed by atoms with Gasteiger partial charge in [0.1, 0.15) is 0 Å². The highest BCUT2D eigenvalue weighted by Gasteiger charge is 2.06. The van der Waals surface area contributed by atoms with Crippen LogP contribution in [0.5, 0.6) is 0 Å². The summed E-state index contributed by atoms with van der Waals surface area (Å²) in [4.78, 5) is 3.63. The molecule has 7 heavy (non-hydrogen) atoms. The number of nitrogens with zero attached hydrogens (tertiary/aromatic N) is 2. The minimum absolute atomic E-state index is 0.194. The Labute approximate surface area is 41.7 Å². The second-order valence-electron chi connectivity index (χ2n) is 1.27. The number of hydrogen-bond donors (Lipinski definition) is 1. The molecule has 0 saturated carbocycles. The van der Waals surface area contributed by atoms with E-state index < -0.39 is 0 Å². The zero-order valence-electron chi connectivity index (χ0n) is 3.68. The maximum Gasteiger partial charge on any atom is 0.165 e. The Morgan fingerprint density at radius 1 is 2.00 bits per heavy atom. The van der Waals surface area contributed by atoms with Gasteiger partial charge in [0.05, 0.1) is 12.6 Å². The fraction of sp³-hybridized carbons (Fsp3) is 0.500. The molecule has 3 heteroatoms. The second kappa shape index (κ2) is 1.61. The highest BCUT2D eigenvalue weighted by atomic mass is 15.0. The highest BCUT2D eigenvalue weighted by Crippen LogP contribution is 1.88. The van der Waals surface area contributed by atoms with Gasteiger partial charge in [0.25, 0.3) is 0 Å². The van der Waals surface area contributed by atoms with Gasteiger partial charge in [-0.05, 0) is 0 Å². The molecular weight excluding hydrogens is 90.1 g/mol. The van der Waals surface area contributed by atoms with E-state index in [0.717, 1.165) is 0 Å². The molecule has 0 aliphatic carbocycles. The lowest BCUT2D eigenvalue weighted by Crippen LogP contribution is -2.12. The molecule has 0 spiro atoms. The van der Waals surface area contributed by atoms with Gasteiger partial charge in [-0.2, -0.15) is 5.26 Å². The summed E-state index contributed by atoms with van der Waals surface area (Å²) >= 11 is 0. The van der Waals surface area contributed by atoms with Crippen LogP contribution in [0.1, 0.15) is 0 Å². The van der Waals surface area contributed by atoms with E-state index >= 15 is 0 Å². The van der Waals surface area contributed by atoms with Gasteiger partial charge in [-0.15, -0.1) is 0 Å². The summed E-state index contributed by atoms with van der Waals surface area (Å²) < 4.78 is 0. The predicted octanol–water partition coefficient (Wildman–Crippen LogP) is -0.613. The smallest absolute Gasteiger partial charge is 0.165 e. The van der Waals surface area contributed by atoms with E-state index in [9.17, 15) is 0 Å². The molecule has 1 aliphatic rings. The maximum absolute atomic E-state index is 8.14.